The number of quaternary nitrogens is 1. The Morgan fingerprint density at radius 1 is 1.03 bits per heavy atom. The predicted molar refractivity (Wildman–Crippen MR) is 113 cm³/mol. The number of hydrogen-bond donors (Lipinski definition) is 2. The van der Waals surface area contributed by atoms with Crippen LogP contribution in [-0.4, -0.2) is 19.1 Å². The monoisotopic (exact) mass is 411 g/mol. The van der Waals surface area contributed by atoms with Crippen LogP contribution in [0.25, 0.3) is 0 Å². The van der Waals surface area contributed by atoms with E-state index < -0.39 is 0 Å². The van der Waals surface area contributed by atoms with Gasteiger partial charge in [0, 0.05) is 17.2 Å². The summed E-state index contributed by atoms with van der Waals surface area (Å²) in [4.78, 5) is 13.3. The minimum Gasteiger partial charge on any atom is -0.497 e. The number of benzene rings is 2. The van der Waals surface area contributed by atoms with E-state index in [0.29, 0.717) is 31.2 Å². The van der Waals surface area contributed by atoms with Crippen molar-refractivity contribution in [3.8, 4) is 5.75 Å². The second kappa shape index (κ2) is 10.1. The highest BCUT2D eigenvalue weighted by Gasteiger charge is 2.18. The predicted octanol–water partition coefficient (Wildman–Crippen LogP) is 3.35. The molecule has 3 aromatic rings. The molecule has 0 spiro atoms. The third-order valence-corrected chi connectivity index (χ3v) is 4.66. The van der Waals surface area contributed by atoms with Crippen LogP contribution in [-0.2, 0) is 19.6 Å². The summed E-state index contributed by atoms with van der Waals surface area (Å²) in [7, 11) is 1.64. The molecule has 2 aromatic carbocycles. The molecule has 0 bridgehead atoms. The molecule has 0 aliphatic heterocycles. The second-order valence-corrected chi connectivity index (χ2v) is 7.66. The molecule has 0 radical (unpaired) electrons. The molecule has 1 atom stereocenters. The van der Waals surface area contributed by atoms with Crippen LogP contribution in [0.15, 0.2) is 65.1 Å². The molecule has 1 amide bonds. The summed E-state index contributed by atoms with van der Waals surface area (Å²) >= 11 is 0. The summed E-state index contributed by atoms with van der Waals surface area (Å²) in [6, 6.07) is 18.1. The first-order valence-electron chi connectivity index (χ1n) is 10.0. The van der Waals surface area contributed by atoms with Gasteiger partial charge < -0.3 is 19.4 Å². The SMILES string of the molecule is COc1cccc(C[NH+](Cc2cccc(F)c2)Cc2ccc(C(=O)NC(C)C)o2)c1. The summed E-state index contributed by atoms with van der Waals surface area (Å²) in [5.41, 5.74) is 2.00. The Morgan fingerprint density at radius 3 is 2.40 bits per heavy atom. The Balaban J connectivity index is 1.78. The van der Waals surface area contributed by atoms with Crippen LogP contribution in [0.2, 0.25) is 0 Å². The van der Waals surface area contributed by atoms with Crippen LogP contribution in [0.5, 0.6) is 5.75 Å². The standard InChI is InChI=1S/C24H27FN2O3/c1-17(2)26-24(28)23-11-10-22(30-23)16-27(14-18-6-4-8-20(25)12-18)15-19-7-5-9-21(13-19)29-3/h4-13,17H,14-16H2,1-3H3,(H,26,28)/p+1. The molecule has 1 heterocycles. The van der Waals surface area contributed by atoms with Crippen molar-refractivity contribution in [3.63, 3.8) is 0 Å². The molecular formula is C24H28FN2O3+. The molecule has 5 nitrogen and oxygen atoms in total. The van der Waals surface area contributed by atoms with Crippen molar-refractivity contribution in [2.24, 2.45) is 0 Å². The summed E-state index contributed by atoms with van der Waals surface area (Å²) in [6.45, 7) is 5.68. The number of rotatable bonds is 9. The molecular weight excluding hydrogens is 383 g/mol. The number of halogens is 1. The van der Waals surface area contributed by atoms with Gasteiger partial charge in [0.15, 0.2) is 11.5 Å². The van der Waals surface area contributed by atoms with E-state index in [9.17, 15) is 9.18 Å². The smallest absolute Gasteiger partial charge is 0.287 e. The quantitative estimate of drug-likeness (QED) is 0.568. The Kier molecular flexibility index (Phi) is 7.25. The van der Waals surface area contributed by atoms with Crippen LogP contribution in [0, 0.1) is 5.82 Å². The average Bonchev–Trinajstić information content (AvgIpc) is 3.16. The van der Waals surface area contributed by atoms with Crippen molar-refractivity contribution in [1.82, 2.24) is 5.32 Å². The largest absolute Gasteiger partial charge is 0.497 e. The average molecular weight is 411 g/mol. The van der Waals surface area contributed by atoms with Crippen molar-refractivity contribution in [2.45, 2.75) is 39.5 Å². The maximum atomic E-state index is 13.7. The lowest BCUT2D eigenvalue weighted by Gasteiger charge is -2.19. The van der Waals surface area contributed by atoms with Gasteiger partial charge in [0.25, 0.3) is 5.91 Å². The Labute approximate surface area is 176 Å². The van der Waals surface area contributed by atoms with E-state index in [1.807, 2.05) is 50.2 Å². The van der Waals surface area contributed by atoms with Gasteiger partial charge in [0.05, 0.1) is 7.11 Å². The molecule has 3 rings (SSSR count). The molecule has 0 saturated carbocycles. The van der Waals surface area contributed by atoms with Crippen molar-refractivity contribution >= 4 is 5.91 Å². The normalized spacial score (nSPS) is 12.0. The fraction of sp³-hybridized carbons (Fsp3) is 0.292. The first-order valence-corrected chi connectivity index (χ1v) is 10.0. The van der Waals surface area contributed by atoms with Crippen molar-refractivity contribution in [3.05, 3.63) is 89.1 Å². The Bertz CT molecular complexity index is 984. The third-order valence-electron chi connectivity index (χ3n) is 4.66. The van der Waals surface area contributed by atoms with Crippen LogP contribution >= 0.6 is 0 Å². The van der Waals surface area contributed by atoms with E-state index in [0.717, 1.165) is 21.8 Å². The van der Waals surface area contributed by atoms with Gasteiger partial charge in [-0.2, -0.15) is 0 Å². The zero-order chi connectivity index (χ0) is 21.5. The molecule has 0 aliphatic carbocycles. The van der Waals surface area contributed by atoms with E-state index in [4.69, 9.17) is 9.15 Å². The lowest BCUT2D eigenvalue weighted by atomic mass is 10.1. The van der Waals surface area contributed by atoms with Gasteiger partial charge in [-0.25, -0.2) is 4.39 Å². The van der Waals surface area contributed by atoms with Crippen molar-refractivity contribution < 1.29 is 23.2 Å². The number of ether oxygens (including phenoxy) is 1. The van der Waals surface area contributed by atoms with E-state index in [1.165, 1.54) is 6.07 Å². The molecule has 1 aromatic heterocycles. The fourth-order valence-electron chi connectivity index (χ4n) is 3.37. The first kappa shape index (κ1) is 21.6. The minimum absolute atomic E-state index is 0.0363. The lowest BCUT2D eigenvalue weighted by Crippen LogP contribution is -3.08. The molecule has 2 N–H and O–H groups in total. The van der Waals surface area contributed by atoms with E-state index >= 15 is 0 Å². The first-order chi connectivity index (χ1) is 14.4. The van der Waals surface area contributed by atoms with Gasteiger partial charge in [0.1, 0.15) is 31.2 Å². The molecule has 1 unspecified atom stereocenters. The molecule has 0 aliphatic rings. The number of nitrogens with one attached hydrogen (secondary N) is 2. The fourth-order valence-corrected chi connectivity index (χ4v) is 3.37. The van der Waals surface area contributed by atoms with Crippen LogP contribution in [0.3, 0.4) is 0 Å². The molecule has 158 valence electrons. The number of carbonyl (C=O) groups excluding carboxylic acids is 1. The second-order valence-electron chi connectivity index (χ2n) is 7.66. The molecule has 0 fully saturated rings. The summed E-state index contributed by atoms with van der Waals surface area (Å²) in [5, 5.41) is 2.83. The Hall–Kier alpha value is -3.12. The minimum atomic E-state index is -0.251. The third kappa shape index (κ3) is 6.19. The number of amides is 1. The number of furan rings is 1. The van der Waals surface area contributed by atoms with Gasteiger partial charge in [0.2, 0.25) is 0 Å². The van der Waals surface area contributed by atoms with Gasteiger partial charge in [-0.05, 0) is 50.2 Å². The van der Waals surface area contributed by atoms with E-state index in [1.54, 1.807) is 25.3 Å². The van der Waals surface area contributed by atoms with Gasteiger partial charge in [-0.3, -0.25) is 4.79 Å². The zero-order valence-electron chi connectivity index (χ0n) is 17.6. The zero-order valence-corrected chi connectivity index (χ0v) is 17.6. The van der Waals surface area contributed by atoms with Crippen molar-refractivity contribution in [1.29, 1.82) is 0 Å². The van der Waals surface area contributed by atoms with Gasteiger partial charge in [-0.15, -0.1) is 0 Å². The topological polar surface area (TPSA) is 55.9 Å². The summed E-state index contributed by atoms with van der Waals surface area (Å²) < 4.78 is 24.8. The number of carbonyl (C=O) groups is 1. The highest BCUT2D eigenvalue weighted by atomic mass is 19.1. The van der Waals surface area contributed by atoms with Crippen LogP contribution in [0.4, 0.5) is 4.39 Å². The van der Waals surface area contributed by atoms with Crippen LogP contribution in [0.1, 0.15) is 41.3 Å². The summed E-state index contributed by atoms with van der Waals surface area (Å²) in [5.74, 6) is 1.32. The number of methoxy groups -OCH3 is 1. The van der Waals surface area contributed by atoms with Gasteiger partial charge in [-0.1, -0.05) is 24.3 Å². The van der Waals surface area contributed by atoms with Crippen LogP contribution < -0.4 is 15.0 Å². The molecule has 6 heteroatoms. The van der Waals surface area contributed by atoms with Crippen molar-refractivity contribution in [2.75, 3.05) is 7.11 Å². The van der Waals surface area contributed by atoms with E-state index in [-0.39, 0.29) is 17.8 Å². The Morgan fingerprint density at radius 2 is 1.73 bits per heavy atom. The number of hydrogen-bond acceptors (Lipinski definition) is 3. The maximum absolute atomic E-state index is 13.7. The highest BCUT2D eigenvalue weighted by Crippen LogP contribution is 2.13. The highest BCUT2D eigenvalue weighted by molar-refractivity contribution is 5.91. The van der Waals surface area contributed by atoms with E-state index in [2.05, 4.69) is 5.32 Å². The lowest BCUT2D eigenvalue weighted by molar-refractivity contribution is -0.942. The maximum Gasteiger partial charge on any atom is 0.287 e. The summed E-state index contributed by atoms with van der Waals surface area (Å²) in [6.07, 6.45) is 0. The van der Waals surface area contributed by atoms with Gasteiger partial charge >= 0.3 is 0 Å². The molecule has 30 heavy (non-hydrogen) atoms. The molecule has 0 saturated heterocycles.